The van der Waals surface area contributed by atoms with Gasteiger partial charge in [0.25, 0.3) is 0 Å². The molecule has 0 aliphatic carbocycles. The van der Waals surface area contributed by atoms with Gasteiger partial charge in [-0.2, -0.15) is 0 Å². The lowest BCUT2D eigenvalue weighted by Crippen LogP contribution is -2.41. The van der Waals surface area contributed by atoms with Crippen molar-refractivity contribution in [3.63, 3.8) is 0 Å². The van der Waals surface area contributed by atoms with Gasteiger partial charge in [0.2, 0.25) is 15.9 Å². The van der Waals surface area contributed by atoms with Crippen LogP contribution >= 0.6 is 0 Å². The van der Waals surface area contributed by atoms with E-state index in [1.165, 1.54) is 0 Å². The van der Waals surface area contributed by atoms with Crippen LogP contribution < -0.4 is 14.4 Å². The van der Waals surface area contributed by atoms with Crippen molar-refractivity contribution in [3.05, 3.63) is 59.7 Å². The van der Waals surface area contributed by atoms with Crippen LogP contribution in [0.1, 0.15) is 44.4 Å². The number of ether oxygens (including phenoxy) is 1. The van der Waals surface area contributed by atoms with Gasteiger partial charge in [-0.25, -0.2) is 8.42 Å². The third-order valence-corrected chi connectivity index (χ3v) is 6.02. The summed E-state index contributed by atoms with van der Waals surface area (Å²) in [4.78, 5) is 12.8. The summed E-state index contributed by atoms with van der Waals surface area (Å²) in [6.45, 7) is 5.93. The fourth-order valence-electron chi connectivity index (χ4n) is 3.25. The maximum Gasteiger partial charge on any atom is 0.241 e. The molecule has 6 nitrogen and oxygen atoms in total. The highest BCUT2D eigenvalue weighted by molar-refractivity contribution is 7.92. The molecule has 0 heterocycles. The van der Waals surface area contributed by atoms with Gasteiger partial charge in [-0.15, -0.1) is 0 Å². The molecule has 0 saturated carbocycles. The second-order valence-electron chi connectivity index (χ2n) is 7.81. The fourth-order valence-corrected chi connectivity index (χ4v) is 4.11. The summed E-state index contributed by atoms with van der Waals surface area (Å²) in [7, 11) is -2.00. The number of benzene rings is 2. The number of hydrogen-bond acceptors (Lipinski definition) is 4. The number of sulfonamides is 1. The molecule has 0 aliphatic heterocycles. The summed E-state index contributed by atoms with van der Waals surface area (Å²) < 4.78 is 31.1. The molecule has 7 heteroatoms. The van der Waals surface area contributed by atoms with Gasteiger partial charge in [0, 0.05) is 0 Å². The van der Waals surface area contributed by atoms with Crippen molar-refractivity contribution in [1.29, 1.82) is 0 Å². The molecular formula is C23H32N2O4S. The lowest BCUT2D eigenvalue weighted by atomic mass is 9.97. The number of rotatable bonds is 10. The Hall–Kier alpha value is -2.54. The Morgan fingerprint density at radius 3 is 2.13 bits per heavy atom. The number of nitrogens with one attached hydrogen (secondary N) is 1. The second-order valence-corrected chi connectivity index (χ2v) is 9.72. The molecule has 0 radical (unpaired) electrons. The molecule has 1 amide bonds. The van der Waals surface area contributed by atoms with E-state index in [1.54, 1.807) is 19.2 Å². The normalized spacial score (nSPS) is 12.5. The summed E-state index contributed by atoms with van der Waals surface area (Å²) >= 11 is 0. The van der Waals surface area contributed by atoms with Crippen LogP contribution in [0.4, 0.5) is 5.69 Å². The van der Waals surface area contributed by atoms with Crippen LogP contribution in [0, 0.1) is 5.92 Å². The van der Waals surface area contributed by atoms with Crippen LogP contribution in [-0.2, 0) is 21.2 Å². The topological polar surface area (TPSA) is 75.7 Å². The molecule has 0 bridgehead atoms. The Morgan fingerprint density at radius 1 is 1.07 bits per heavy atom. The average molecular weight is 433 g/mol. The highest BCUT2D eigenvalue weighted by Crippen LogP contribution is 2.24. The van der Waals surface area contributed by atoms with Gasteiger partial charge in [-0.05, 0) is 54.2 Å². The first kappa shape index (κ1) is 23.7. The predicted octanol–water partition coefficient (Wildman–Crippen LogP) is 3.93. The van der Waals surface area contributed by atoms with E-state index in [2.05, 4.69) is 19.2 Å². The van der Waals surface area contributed by atoms with E-state index in [4.69, 9.17) is 4.74 Å². The summed E-state index contributed by atoms with van der Waals surface area (Å²) in [6, 6.07) is 14.6. The Balaban J connectivity index is 2.21. The molecule has 2 rings (SSSR count). The van der Waals surface area contributed by atoms with Crippen LogP contribution in [0.15, 0.2) is 48.5 Å². The first-order valence-electron chi connectivity index (χ1n) is 10.1. The van der Waals surface area contributed by atoms with Crippen LogP contribution in [0.3, 0.4) is 0 Å². The zero-order valence-corrected chi connectivity index (χ0v) is 19.2. The molecule has 164 valence electrons. The Bertz CT molecular complexity index is 923. The lowest BCUT2D eigenvalue weighted by Gasteiger charge is -2.25. The van der Waals surface area contributed by atoms with Crippen LogP contribution in [0.5, 0.6) is 5.75 Å². The zero-order chi connectivity index (χ0) is 22.3. The van der Waals surface area contributed by atoms with Crippen molar-refractivity contribution in [1.82, 2.24) is 5.32 Å². The number of amides is 1. The summed E-state index contributed by atoms with van der Waals surface area (Å²) in [5.41, 5.74) is 2.54. The second kappa shape index (κ2) is 10.5. The van der Waals surface area contributed by atoms with Crippen molar-refractivity contribution in [3.8, 4) is 5.75 Å². The van der Waals surface area contributed by atoms with Crippen molar-refractivity contribution in [2.75, 3.05) is 24.2 Å². The Kier molecular flexibility index (Phi) is 8.29. The monoisotopic (exact) mass is 432 g/mol. The van der Waals surface area contributed by atoms with Gasteiger partial charge in [-0.1, -0.05) is 45.0 Å². The van der Waals surface area contributed by atoms with E-state index < -0.39 is 10.0 Å². The molecule has 2 aromatic carbocycles. The van der Waals surface area contributed by atoms with Crippen LogP contribution in [-0.4, -0.2) is 34.2 Å². The SMILES string of the molecule is CCc1ccc(N(CC(=O)N[C@@H](CC(C)C)c2ccc(OC)cc2)S(C)(=O)=O)cc1. The van der Waals surface area contributed by atoms with Gasteiger partial charge in [0.1, 0.15) is 12.3 Å². The van der Waals surface area contributed by atoms with Gasteiger partial charge in [0.05, 0.1) is 25.1 Å². The fraction of sp³-hybridized carbons (Fsp3) is 0.435. The number of nitrogens with zero attached hydrogens (tertiary/aromatic N) is 1. The molecule has 1 atom stereocenters. The van der Waals surface area contributed by atoms with Crippen LogP contribution in [0.2, 0.25) is 0 Å². The molecule has 0 aliphatic rings. The number of hydrogen-bond donors (Lipinski definition) is 1. The number of carbonyl (C=O) groups excluding carboxylic acids is 1. The van der Waals surface area contributed by atoms with Gasteiger partial charge < -0.3 is 10.1 Å². The highest BCUT2D eigenvalue weighted by atomic mass is 32.2. The largest absolute Gasteiger partial charge is 0.497 e. The summed E-state index contributed by atoms with van der Waals surface area (Å²) in [5.74, 6) is 0.749. The van der Waals surface area contributed by atoms with E-state index >= 15 is 0 Å². The maximum atomic E-state index is 12.8. The molecule has 0 spiro atoms. The maximum absolute atomic E-state index is 12.8. The van der Waals surface area contributed by atoms with Gasteiger partial charge in [0.15, 0.2) is 0 Å². The molecule has 0 aromatic heterocycles. The predicted molar refractivity (Wildman–Crippen MR) is 121 cm³/mol. The van der Waals surface area contributed by atoms with Crippen molar-refractivity contribution in [2.45, 2.75) is 39.7 Å². The zero-order valence-electron chi connectivity index (χ0n) is 18.4. The first-order valence-corrected chi connectivity index (χ1v) is 12.0. The molecular weight excluding hydrogens is 400 g/mol. The molecule has 30 heavy (non-hydrogen) atoms. The van der Waals surface area contributed by atoms with E-state index in [0.717, 1.165) is 40.3 Å². The van der Waals surface area contributed by atoms with Gasteiger partial charge >= 0.3 is 0 Å². The number of carbonyl (C=O) groups is 1. The third kappa shape index (κ3) is 6.76. The minimum atomic E-state index is -3.61. The van der Waals surface area contributed by atoms with Crippen molar-refractivity contribution in [2.24, 2.45) is 5.92 Å². The quantitative estimate of drug-likeness (QED) is 0.617. The molecule has 1 N–H and O–H groups in total. The summed E-state index contributed by atoms with van der Waals surface area (Å²) in [6.07, 6.45) is 2.71. The van der Waals surface area contributed by atoms with E-state index in [9.17, 15) is 13.2 Å². The molecule has 2 aromatic rings. The van der Waals surface area contributed by atoms with E-state index in [-0.39, 0.29) is 18.5 Å². The number of methoxy groups -OCH3 is 1. The molecule has 0 saturated heterocycles. The Morgan fingerprint density at radius 2 is 1.67 bits per heavy atom. The molecule has 0 unspecified atom stereocenters. The first-order chi connectivity index (χ1) is 14.1. The Labute approximate surface area is 180 Å². The lowest BCUT2D eigenvalue weighted by molar-refractivity contribution is -0.120. The summed E-state index contributed by atoms with van der Waals surface area (Å²) in [5, 5.41) is 3.01. The van der Waals surface area contributed by atoms with E-state index in [1.807, 2.05) is 43.3 Å². The van der Waals surface area contributed by atoms with Crippen LogP contribution in [0.25, 0.3) is 0 Å². The number of anilines is 1. The standard InChI is InChI=1S/C23H32N2O4S/c1-6-18-7-11-20(12-8-18)25(30(5,27)28)16-23(26)24-22(15-17(2)3)19-9-13-21(29-4)14-10-19/h7-14,17,22H,6,15-16H2,1-5H3,(H,24,26)/t22-/m0/s1. The smallest absolute Gasteiger partial charge is 0.241 e. The van der Waals surface area contributed by atoms with E-state index in [0.29, 0.717) is 11.6 Å². The average Bonchev–Trinajstić information content (AvgIpc) is 2.70. The van der Waals surface area contributed by atoms with Gasteiger partial charge in [-0.3, -0.25) is 9.10 Å². The third-order valence-electron chi connectivity index (χ3n) is 4.88. The van der Waals surface area contributed by atoms with Crippen molar-refractivity contribution >= 4 is 21.6 Å². The number of aryl methyl sites for hydroxylation is 1. The van der Waals surface area contributed by atoms with Crippen molar-refractivity contribution < 1.29 is 17.9 Å². The highest BCUT2D eigenvalue weighted by Gasteiger charge is 2.23. The molecule has 0 fully saturated rings. The minimum absolute atomic E-state index is 0.215. The minimum Gasteiger partial charge on any atom is -0.497 e.